The van der Waals surface area contributed by atoms with E-state index in [1.54, 1.807) is 4.90 Å². The van der Waals surface area contributed by atoms with Crippen LogP contribution in [0.15, 0.2) is 72.8 Å². The SMILES string of the molecule is COC(=O)N[C@@H](C(=O)N1CCC[C@H]1c1nc2cc(-c3ccc4ccc(-c5ccc6[nH]c([C@@H]7CCCN7C(=O)[C@@H](C(C)C)N(C)C(=O)O)nc6c5)cc4c3)ccc2[nH]1)C(C)C. The molecule has 4 atom stereocenters. The molecule has 2 aliphatic rings. The summed E-state index contributed by atoms with van der Waals surface area (Å²) in [5.41, 5.74) is 7.51. The van der Waals surface area contributed by atoms with Crippen molar-refractivity contribution in [3.63, 3.8) is 0 Å². The van der Waals surface area contributed by atoms with Crippen LogP contribution in [0.4, 0.5) is 9.59 Å². The summed E-state index contributed by atoms with van der Waals surface area (Å²) in [5, 5.41) is 14.6. The third kappa shape index (κ3) is 7.62. The molecule has 0 bridgehead atoms. The van der Waals surface area contributed by atoms with Gasteiger partial charge in [0, 0.05) is 20.1 Å². The normalized spacial score (nSPS) is 17.9. The van der Waals surface area contributed by atoms with Crippen molar-refractivity contribution in [1.82, 2.24) is 40.0 Å². The number of carbonyl (C=O) groups is 4. The van der Waals surface area contributed by atoms with Crippen molar-refractivity contribution in [1.29, 1.82) is 0 Å². The van der Waals surface area contributed by atoms with E-state index >= 15 is 0 Å². The lowest BCUT2D eigenvalue weighted by atomic mass is 9.97. The molecule has 8 rings (SSSR count). The number of ether oxygens (including phenoxy) is 1. The molecule has 0 unspecified atom stereocenters. The van der Waals surface area contributed by atoms with E-state index in [2.05, 4.69) is 75.9 Å². The lowest BCUT2D eigenvalue weighted by Gasteiger charge is -2.33. The first-order valence-electron chi connectivity index (χ1n) is 20.8. The van der Waals surface area contributed by atoms with Gasteiger partial charge in [0.15, 0.2) is 0 Å². The standard InChI is InChI=1S/C46H52N8O6/c1-25(2)39(51-45(57)60-6)43(55)53-19-7-9-37(53)41-47-33-17-15-30(23-35(33)49-41)28-13-11-27-12-14-29(22-32(27)21-28)31-16-18-34-36(24-31)50-42(48-34)38-10-8-20-54(38)44(56)40(26(3)4)52(5)46(58)59/h11-18,21-26,37-40H,7-10,19-20H2,1-6H3,(H,47,49)(H,48,50)(H,51,57)(H,58,59)/t37-,38-,39+,40+/m0/s1. The molecule has 4 N–H and O–H groups in total. The van der Waals surface area contributed by atoms with Gasteiger partial charge in [-0.1, -0.05) is 64.1 Å². The Morgan fingerprint density at radius 1 is 0.717 bits per heavy atom. The summed E-state index contributed by atoms with van der Waals surface area (Å²) in [5.74, 6) is 0.808. The third-order valence-electron chi connectivity index (χ3n) is 12.2. The highest BCUT2D eigenvalue weighted by molar-refractivity contribution is 5.93. The number of aromatic nitrogens is 4. The summed E-state index contributed by atoms with van der Waals surface area (Å²) in [6, 6.07) is 23.2. The summed E-state index contributed by atoms with van der Waals surface area (Å²) in [6.07, 6.45) is 1.43. The maximum Gasteiger partial charge on any atom is 0.407 e. The van der Waals surface area contributed by atoms with Crippen molar-refractivity contribution in [2.24, 2.45) is 11.8 Å². The predicted octanol–water partition coefficient (Wildman–Crippen LogP) is 8.27. The number of carbonyl (C=O) groups excluding carboxylic acids is 3. The van der Waals surface area contributed by atoms with Gasteiger partial charge in [-0.15, -0.1) is 0 Å². The average Bonchev–Trinajstić information content (AvgIpc) is 4.07. The maximum atomic E-state index is 13.8. The third-order valence-corrected chi connectivity index (χ3v) is 12.2. The molecule has 0 spiro atoms. The smallest absolute Gasteiger partial charge is 0.407 e. The zero-order chi connectivity index (χ0) is 42.4. The molecular weight excluding hydrogens is 761 g/mol. The minimum absolute atomic E-state index is 0.115. The topological polar surface area (TPSA) is 177 Å². The van der Waals surface area contributed by atoms with E-state index in [9.17, 15) is 24.3 Å². The molecule has 4 aromatic carbocycles. The number of hydrogen-bond donors (Lipinski definition) is 4. The van der Waals surface area contributed by atoms with Crippen LogP contribution in [0, 0.1) is 11.8 Å². The Bertz CT molecular complexity index is 2610. The Kier molecular flexibility index (Phi) is 11.0. The zero-order valence-electron chi connectivity index (χ0n) is 34.9. The van der Waals surface area contributed by atoms with Crippen molar-refractivity contribution < 1.29 is 29.0 Å². The fourth-order valence-electron chi connectivity index (χ4n) is 9.03. The van der Waals surface area contributed by atoms with Crippen LogP contribution in [0.2, 0.25) is 0 Å². The number of likely N-dealkylation sites (N-methyl/N-ethyl adjacent to an activating group) is 1. The first-order valence-corrected chi connectivity index (χ1v) is 20.8. The number of amides is 4. The molecule has 0 aliphatic carbocycles. The van der Waals surface area contributed by atoms with Crippen molar-refractivity contribution in [3.05, 3.63) is 84.4 Å². The molecule has 2 saturated heterocycles. The van der Waals surface area contributed by atoms with E-state index in [4.69, 9.17) is 14.7 Å². The molecule has 4 amide bonds. The van der Waals surface area contributed by atoms with E-state index in [0.717, 1.165) is 91.5 Å². The highest BCUT2D eigenvalue weighted by atomic mass is 16.5. The van der Waals surface area contributed by atoms with Crippen LogP contribution in [0.1, 0.15) is 77.1 Å². The summed E-state index contributed by atoms with van der Waals surface area (Å²) < 4.78 is 4.79. The van der Waals surface area contributed by atoms with Gasteiger partial charge in [0.05, 0.1) is 41.3 Å². The first kappa shape index (κ1) is 40.3. The number of nitrogens with one attached hydrogen (secondary N) is 3. The maximum absolute atomic E-state index is 13.8. The Morgan fingerprint density at radius 3 is 1.67 bits per heavy atom. The quantitative estimate of drug-likeness (QED) is 0.107. The molecule has 2 aliphatic heterocycles. The number of H-pyrrole nitrogens is 2. The number of carboxylic acid groups (broad SMARTS) is 1. The Hall–Kier alpha value is -6.44. The van der Waals surface area contributed by atoms with Gasteiger partial charge in [-0.3, -0.25) is 14.5 Å². The van der Waals surface area contributed by atoms with E-state index in [1.165, 1.54) is 14.2 Å². The first-order chi connectivity index (χ1) is 28.8. The van der Waals surface area contributed by atoms with Crippen LogP contribution in [0.25, 0.3) is 55.1 Å². The van der Waals surface area contributed by atoms with Crippen molar-refractivity contribution in [3.8, 4) is 22.3 Å². The van der Waals surface area contributed by atoms with Gasteiger partial charge in [0.2, 0.25) is 11.8 Å². The molecule has 2 aromatic heterocycles. The highest BCUT2D eigenvalue weighted by Crippen LogP contribution is 2.37. The van der Waals surface area contributed by atoms with E-state index < -0.39 is 24.3 Å². The van der Waals surface area contributed by atoms with Crippen molar-refractivity contribution >= 4 is 56.8 Å². The number of likely N-dealkylation sites (tertiary alicyclic amines) is 2. The monoisotopic (exact) mass is 812 g/mol. The number of methoxy groups -OCH3 is 1. The van der Waals surface area contributed by atoms with Crippen LogP contribution in [0.3, 0.4) is 0 Å². The largest absolute Gasteiger partial charge is 0.465 e. The number of alkyl carbamates (subject to hydrolysis) is 1. The molecule has 0 radical (unpaired) electrons. The van der Waals surface area contributed by atoms with E-state index in [-0.39, 0.29) is 35.7 Å². The number of hydrogen-bond acceptors (Lipinski definition) is 7. The van der Waals surface area contributed by atoms with Crippen LogP contribution in [-0.4, -0.2) is 103 Å². The molecule has 312 valence electrons. The van der Waals surface area contributed by atoms with Crippen LogP contribution >= 0.6 is 0 Å². The number of rotatable bonds is 10. The number of imidazole rings is 2. The van der Waals surface area contributed by atoms with Gasteiger partial charge >= 0.3 is 12.2 Å². The Morgan fingerprint density at radius 2 is 1.20 bits per heavy atom. The van der Waals surface area contributed by atoms with Crippen LogP contribution in [-0.2, 0) is 14.3 Å². The second-order valence-corrected chi connectivity index (χ2v) is 16.8. The number of nitrogens with zero attached hydrogens (tertiary/aromatic N) is 5. The van der Waals surface area contributed by atoms with Gasteiger partial charge in [0.1, 0.15) is 23.7 Å². The lowest BCUT2D eigenvalue weighted by molar-refractivity contribution is -0.138. The molecular formula is C46H52N8O6. The molecule has 4 heterocycles. The van der Waals surface area contributed by atoms with Crippen molar-refractivity contribution in [2.45, 2.75) is 77.5 Å². The Balaban J connectivity index is 1.03. The zero-order valence-corrected chi connectivity index (χ0v) is 34.9. The molecule has 6 aromatic rings. The van der Waals surface area contributed by atoms with E-state index in [0.29, 0.717) is 18.9 Å². The number of benzene rings is 4. The van der Waals surface area contributed by atoms with Crippen LogP contribution < -0.4 is 5.32 Å². The van der Waals surface area contributed by atoms with Crippen molar-refractivity contribution in [2.75, 3.05) is 27.2 Å². The molecule has 2 fully saturated rings. The molecule has 14 heteroatoms. The summed E-state index contributed by atoms with van der Waals surface area (Å²) in [6.45, 7) is 8.69. The average molecular weight is 813 g/mol. The van der Waals surface area contributed by atoms with Gasteiger partial charge in [0.25, 0.3) is 0 Å². The Labute approximate surface area is 348 Å². The summed E-state index contributed by atoms with van der Waals surface area (Å²) >= 11 is 0. The van der Waals surface area contributed by atoms with E-state index in [1.807, 2.05) is 44.7 Å². The number of fused-ring (bicyclic) bond motifs is 3. The predicted molar refractivity (Wildman–Crippen MR) is 230 cm³/mol. The van der Waals surface area contributed by atoms with Gasteiger partial charge < -0.3 is 34.9 Å². The lowest BCUT2D eigenvalue weighted by Crippen LogP contribution is -2.51. The summed E-state index contributed by atoms with van der Waals surface area (Å²) in [4.78, 5) is 72.9. The molecule has 0 saturated carbocycles. The van der Waals surface area contributed by atoms with Gasteiger partial charge in [-0.05, 0) is 107 Å². The minimum Gasteiger partial charge on any atom is -0.465 e. The fourth-order valence-corrected chi connectivity index (χ4v) is 9.03. The molecule has 60 heavy (non-hydrogen) atoms. The second kappa shape index (κ2) is 16.3. The molecule has 14 nitrogen and oxygen atoms in total. The summed E-state index contributed by atoms with van der Waals surface area (Å²) in [7, 11) is 2.75. The highest BCUT2D eigenvalue weighted by Gasteiger charge is 2.40. The van der Waals surface area contributed by atoms with Gasteiger partial charge in [-0.25, -0.2) is 19.6 Å². The van der Waals surface area contributed by atoms with Gasteiger partial charge in [-0.2, -0.15) is 0 Å². The number of aromatic amines is 2. The fraction of sp³-hybridized carbons (Fsp3) is 0.391. The minimum atomic E-state index is -1.12. The second-order valence-electron chi connectivity index (χ2n) is 16.8. The van der Waals surface area contributed by atoms with Crippen LogP contribution in [0.5, 0.6) is 0 Å².